The number of nitrogens with two attached hydrogens (primary N) is 1. The average Bonchev–Trinajstić information content (AvgIpc) is 2.58. The second-order valence-electron chi connectivity index (χ2n) is 4.06. The van der Waals surface area contributed by atoms with E-state index in [0.717, 1.165) is 21.3 Å². The normalized spacial score (nSPS) is 12.7. The van der Waals surface area contributed by atoms with E-state index in [-0.39, 0.29) is 6.04 Å². The molecule has 0 aliphatic carbocycles. The molecule has 0 radical (unpaired) electrons. The van der Waals surface area contributed by atoms with Crippen molar-refractivity contribution in [3.63, 3.8) is 0 Å². The molecule has 1 atom stereocenters. The van der Waals surface area contributed by atoms with Crippen molar-refractivity contribution in [2.45, 2.75) is 29.8 Å². The Labute approximate surface area is 105 Å². The summed E-state index contributed by atoms with van der Waals surface area (Å²) in [6, 6.07) is 6.05. The highest BCUT2D eigenvalue weighted by Crippen LogP contribution is 2.27. The van der Waals surface area contributed by atoms with Gasteiger partial charge in [-0.05, 0) is 32.0 Å². The number of nitrogens with zero attached hydrogens (tertiary/aromatic N) is 3. The lowest BCUT2D eigenvalue weighted by Gasteiger charge is -2.05. The number of hydrogen-bond acceptors (Lipinski definition) is 4. The summed E-state index contributed by atoms with van der Waals surface area (Å²) in [7, 11) is 1.94. The van der Waals surface area contributed by atoms with E-state index in [1.165, 1.54) is 0 Å². The standard InChI is InChI=1S/C12H16N4S/c1-8-6-12(16(3)15-8)17-10-4-5-11(9(2)13)14-7-10/h4-7,9H,13H2,1-3H3/t9-/m0/s1. The third kappa shape index (κ3) is 2.87. The van der Waals surface area contributed by atoms with E-state index in [4.69, 9.17) is 5.73 Å². The molecule has 2 rings (SSSR count). The van der Waals surface area contributed by atoms with Gasteiger partial charge in [-0.1, -0.05) is 11.8 Å². The first-order chi connectivity index (χ1) is 8.06. The molecule has 0 aliphatic heterocycles. The second kappa shape index (κ2) is 4.89. The zero-order valence-corrected chi connectivity index (χ0v) is 11.0. The van der Waals surface area contributed by atoms with Crippen LogP contribution in [0.25, 0.3) is 0 Å². The fraction of sp³-hybridized carbons (Fsp3) is 0.333. The first-order valence-corrected chi connectivity index (χ1v) is 6.28. The summed E-state index contributed by atoms with van der Waals surface area (Å²) >= 11 is 1.65. The maximum atomic E-state index is 5.76. The molecule has 5 heteroatoms. The molecule has 2 aromatic rings. The van der Waals surface area contributed by atoms with Gasteiger partial charge in [0.2, 0.25) is 0 Å². The lowest BCUT2D eigenvalue weighted by molar-refractivity contribution is 0.692. The first-order valence-electron chi connectivity index (χ1n) is 5.46. The molecule has 4 nitrogen and oxygen atoms in total. The van der Waals surface area contributed by atoms with Gasteiger partial charge in [0.15, 0.2) is 0 Å². The molecule has 0 saturated heterocycles. The summed E-state index contributed by atoms with van der Waals surface area (Å²) < 4.78 is 1.87. The molecule has 0 unspecified atom stereocenters. The van der Waals surface area contributed by atoms with Crippen molar-refractivity contribution < 1.29 is 0 Å². The summed E-state index contributed by atoms with van der Waals surface area (Å²) in [6.45, 7) is 3.92. The van der Waals surface area contributed by atoms with Crippen LogP contribution >= 0.6 is 11.8 Å². The first kappa shape index (κ1) is 12.1. The van der Waals surface area contributed by atoms with Crippen molar-refractivity contribution in [2.24, 2.45) is 12.8 Å². The third-order valence-corrected chi connectivity index (χ3v) is 3.48. The minimum atomic E-state index is -0.0204. The highest BCUT2D eigenvalue weighted by molar-refractivity contribution is 7.99. The quantitative estimate of drug-likeness (QED) is 0.905. The Kier molecular flexibility index (Phi) is 3.49. The SMILES string of the molecule is Cc1cc(Sc2ccc([C@H](C)N)nc2)n(C)n1. The van der Waals surface area contributed by atoms with Crippen molar-refractivity contribution in [3.05, 3.63) is 35.8 Å². The Morgan fingerprint density at radius 1 is 1.41 bits per heavy atom. The van der Waals surface area contributed by atoms with Crippen molar-refractivity contribution in [1.82, 2.24) is 14.8 Å². The van der Waals surface area contributed by atoms with Gasteiger partial charge in [0.05, 0.1) is 16.4 Å². The molecule has 2 heterocycles. The van der Waals surface area contributed by atoms with Crippen molar-refractivity contribution in [1.29, 1.82) is 0 Å². The van der Waals surface area contributed by atoms with Gasteiger partial charge in [0, 0.05) is 24.2 Å². The predicted molar refractivity (Wildman–Crippen MR) is 68.9 cm³/mol. The molecular formula is C12H16N4S. The maximum absolute atomic E-state index is 5.76. The molecule has 0 saturated carbocycles. The minimum Gasteiger partial charge on any atom is -0.323 e. The van der Waals surface area contributed by atoms with Crippen LogP contribution in [-0.4, -0.2) is 14.8 Å². The fourth-order valence-corrected chi connectivity index (χ4v) is 2.41. The predicted octanol–water partition coefficient (Wildman–Crippen LogP) is 2.29. The Morgan fingerprint density at radius 3 is 2.65 bits per heavy atom. The number of hydrogen-bond donors (Lipinski definition) is 1. The molecule has 90 valence electrons. The van der Waals surface area contributed by atoms with Crippen LogP contribution in [0.3, 0.4) is 0 Å². The lowest BCUT2D eigenvalue weighted by atomic mass is 10.2. The summed E-state index contributed by atoms with van der Waals surface area (Å²) in [5.74, 6) is 0. The van der Waals surface area contributed by atoms with Gasteiger partial charge in [-0.15, -0.1) is 0 Å². The zero-order chi connectivity index (χ0) is 12.4. The van der Waals surface area contributed by atoms with Crippen LogP contribution in [0.1, 0.15) is 24.4 Å². The highest BCUT2D eigenvalue weighted by Gasteiger charge is 2.06. The van der Waals surface area contributed by atoms with Crippen molar-refractivity contribution in [2.75, 3.05) is 0 Å². The van der Waals surface area contributed by atoms with E-state index in [2.05, 4.69) is 16.1 Å². The number of rotatable bonds is 3. The van der Waals surface area contributed by atoms with Gasteiger partial charge in [0.25, 0.3) is 0 Å². The largest absolute Gasteiger partial charge is 0.323 e. The van der Waals surface area contributed by atoms with Crippen LogP contribution in [0.2, 0.25) is 0 Å². The average molecular weight is 248 g/mol. The van der Waals surface area contributed by atoms with E-state index >= 15 is 0 Å². The van der Waals surface area contributed by atoms with Gasteiger partial charge in [-0.2, -0.15) is 5.10 Å². The van der Waals surface area contributed by atoms with Gasteiger partial charge >= 0.3 is 0 Å². The van der Waals surface area contributed by atoms with E-state index in [0.29, 0.717) is 0 Å². The Balaban J connectivity index is 2.16. The van der Waals surface area contributed by atoms with Crippen LogP contribution in [0.5, 0.6) is 0 Å². The molecule has 0 aromatic carbocycles. The molecule has 2 aromatic heterocycles. The molecule has 0 bridgehead atoms. The summed E-state index contributed by atoms with van der Waals surface area (Å²) in [5.41, 5.74) is 7.70. The number of aromatic nitrogens is 3. The number of aryl methyl sites for hydroxylation is 2. The summed E-state index contributed by atoms with van der Waals surface area (Å²) in [5, 5.41) is 5.42. The molecular weight excluding hydrogens is 232 g/mol. The maximum Gasteiger partial charge on any atom is 0.0987 e. The molecule has 0 aliphatic rings. The Hall–Kier alpha value is -1.33. The van der Waals surface area contributed by atoms with Crippen molar-refractivity contribution >= 4 is 11.8 Å². The monoisotopic (exact) mass is 248 g/mol. The summed E-state index contributed by atoms with van der Waals surface area (Å²) in [4.78, 5) is 5.43. The lowest BCUT2D eigenvalue weighted by Crippen LogP contribution is -2.06. The molecule has 0 fully saturated rings. The van der Waals surface area contributed by atoms with Crippen LogP contribution in [-0.2, 0) is 7.05 Å². The fourth-order valence-electron chi connectivity index (χ4n) is 1.52. The van der Waals surface area contributed by atoms with E-state index in [1.807, 2.05) is 43.9 Å². The van der Waals surface area contributed by atoms with E-state index in [1.54, 1.807) is 11.8 Å². The smallest absolute Gasteiger partial charge is 0.0987 e. The van der Waals surface area contributed by atoms with Crippen molar-refractivity contribution in [3.8, 4) is 0 Å². The topological polar surface area (TPSA) is 56.7 Å². The molecule has 0 amide bonds. The van der Waals surface area contributed by atoms with Gasteiger partial charge in [-0.3, -0.25) is 9.67 Å². The molecule has 17 heavy (non-hydrogen) atoms. The van der Waals surface area contributed by atoms with E-state index < -0.39 is 0 Å². The van der Waals surface area contributed by atoms with E-state index in [9.17, 15) is 0 Å². The van der Waals surface area contributed by atoms with Crippen LogP contribution < -0.4 is 5.73 Å². The summed E-state index contributed by atoms with van der Waals surface area (Å²) in [6.07, 6.45) is 1.85. The van der Waals surface area contributed by atoms with Gasteiger partial charge < -0.3 is 5.73 Å². The minimum absolute atomic E-state index is 0.0204. The van der Waals surface area contributed by atoms with Gasteiger partial charge in [0.1, 0.15) is 0 Å². The molecule has 0 spiro atoms. The highest BCUT2D eigenvalue weighted by atomic mass is 32.2. The van der Waals surface area contributed by atoms with Crippen LogP contribution in [0, 0.1) is 6.92 Å². The second-order valence-corrected chi connectivity index (χ2v) is 5.15. The third-order valence-electron chi connectivity index (χ3n) is 2.41. The molecule has 2 N–H and O–H groups in total. The van der Waals surface area contributed by atoms with Crippen LogP contribution in [0.15, 0.2) is 34.3 Å². The van der Waals surface area contributed by atoms with Crippen LogP contribution in [0.4, 0.5) is 0 Å². The number of pyridine rings is 1. The zero-order valence-electron chi connectivity index (χ0n) is 10.2. The Bertz CT molecular complexity index is 502. The Morgan fingerprint density at radius 2 is 2.18 bits per heavy atom. The van der Waals surface area contributed by atoms with Gasteiger partial charge in [-0.25, -0.2) is 0 Å².